The largest absolute Gasteiger partial charge is 0.573 e. The first-order valence-corrected chi connectivity index (χ1v) is 9.77. The van der Waals surface area contributed by atoms with Gasteiger partial charge in [0.2, 0.25) is 0 Å². The molecule has 2 aliphatic heterocycles. The van der Waals surface area contributed by atoms with Crippen molar-refractivity contribution < 1.29 is 27.4 Å². The van der Waals surface area contributed by atoms with Crippen LogP contribution in [0.25, 0.3) is 0 Å². The Hall–Kier alpha value is -2.39. The van der Waals surface area contributed by atoms with E-state index in [2.05, 4.69) is 14.6 Å². The molecule has 2 fully saturated rings. The fourth-order valence-electron chi connectivity index (χ4n) is 4.39. The van der Waals surface area contributed by atoms with E-state index in [4.69, 9.17) is 0 Å². The van der Waals surface area contributed by atoms with Crippen molar-refractivity contribution >= 4 is 5.69 Å². The fraction of sp³-hybridized carbons (Fsp3) is 0.476. The van der Waals surface area contributed by atoms with Crippen molar-refractivity contribution in [2.24, 2.45) is 0 Å². The van der Waals surface area contributed by atoms with Gasteiger partial charge in [-0.25, -0.2) is 4.39 Å². The summed E-state index contributed by atoms with van der Waals surface area (Å²) in [5.74, 6) is -0.434. The average molecular weight is 425 g/mol. The molecule has 1 aromatic heterocycles. The number of likely N-dealkylation sites (tertiary alicyclic amines) is 1. The summed E-state index contributed by atoms with van der Waals surface area (Å²) in [6.45, 7) is 1.68. The summed E-state index contributed by atoms with van der Waals surface area (Å²) in [6, 6.07) is 6.42. The number of rotatable bonds is 5. The summed E-state index contributed by atoms with van der Waals surface area (Å²) in [5, 5.41) is 11.7. The first kappa shape index (κ1) is 20.9. The SMILES string of the molecule is CN1CC(F)(C(O)(c2ccc(OC(F)(F)F)cc2)c2cncc(N3CCCC3)c2)C1. The molecule has 0 radical (unpaired) electrons. The molecule has 5 nitrogen and oxygen atoms in total. The Morgan fingerprint density at radius 2 is 1.67 bits per heavy atom. The standard InChI is InChI=1S/C21H23F4N3O2/c1-27-13-19(22,14-27)20(29,15-4-6-18(7-5-15)30-21(23,24)25)16-10-17(12-26-11-16)28-8-2-3-9-28/h4-7,10-12,29H,2-3,8-9,13-14H2,1H3. The highest BCUT2D eigenvalue weighted by atomic mass is 19.4. The van der Waals surface area contributed by atoms with Crippen LogP contribution >= 0.6 is 0 Å². The van der Waals surface area contributed by atoms with Gasteiger partial charge in [0, 0.05) is 37.9 Å². The van der Waals surface area contributed by atoms with Crippen molar-refractivity contribution in [1.29, 1.82) is 0 Å². The minimum atomic E-state index is -4.83. The van der Waals surface area contributed by atoms with E-state index in [9.17, 15) is 18.3 Å². The highest BCUT2D eigenvalue weighted by Gasteiger charge is 2.60. The number of aliphatic hydroxyl groups is 1. The number of hydrogen-bond acceptors (Lipinski definition) is 5. The van der Waals surface area contributed by atoms with Gasteiger partial charge in [-0.05, 0) is 43.7 Å². The normalized spacial score (nSPS) is 21.2. The molecule has 30 heavy (non-hydrogen) atoms. The number of ether oxygens (including phenoxy) is 1. The van der Waals surface area contributed by atoms with Crippen LogP contribution in [0.5, 0.6) is 5.75 Å². The summed E-state index contributed by atoms with van der Waals surface area (Å²) in [7, 11) is 1.73. The number of pyridine rings is 1. The molecule has 0 saturated carbocycles. The van der Waals surface area contributed by atoms with E-state index in [1.54, 1.807) is 24.2 Å². The van der Waals surface area contributed by atoms with Gasteiger partial charge in [0.15, 0.2) is 11.3 Å². The van der Waals surface area contributed by atoms with Crippen molar-refractivity contribution in [3.05, 3.63) is 53.9 Å². The molecule has 1 atom stereocenters. The smallest absolute Gasteiger partial charge is 0.406 e. The third-order valence-electron chi connectivity index (χ3n) is 5.81. The van der Waals surface area contributed by atoms with Crippen molar-refractivity contribution in [1.82, 2.24) is 9.88 Å². The lowest BCUT2D eigenvalue weighted by Gasteiger charge is -2.52. The molecule has 3 heterocycles. The van der Waals surface area contributed by atoms with E-state index in [0.29, 0.717) is 0 Å². The van der Waals surface area contributed by atoms with Crippen LogP contribution in [0, 0.1) is 0 Å². The van der Waals surface area contributed by atoms with Crippen molar-refractivity contribution in [3.8, 4) is 5.75 Å². The van der Waals surface area contributed by atoms with E-state index >= 15 is 4.39 Å². The molecule has 0 spiro atoms. The Balaban J connectivity index is 1.74. The number of aromatic nitrogens is 1. The number of hydrogen-bond donors (Lipinski definition) is 1. The van der Waals surface area contributed by atoms with E-state index in [-0.39, 0.29) is 24.2 Å². The Labute approximate surface area is 171 Å². The molecule has 1 N–H and O–H groups in total. The molecule has 2 aliphatic rings. The Morgan fingerprint density at radius 1 is 1.03 bits per heavy atom. The molecule has 1 aromatic carbocycles. The molecule has 1 unspecified atom stereocenters. The lowest BCUT2D eigenvalue weighted by Crippen LogP contribution is -2.68. The second kappa shape index (κ2) is 7.39. The van der Waals surface area contributed by atoms with Gasteiger partial charge < -0.3 is 14.7 Å². The van der Waals surface area contributed by atoms with Crippen LogP contribution in [0.3, 0.4) is 0 Å². The van der Waals surface area contributed by atoms with Crippen LogP contribution in [-0.4, -0.2) is 60.2 Å². The summed E-state index contributed by atoms with van der Waals surface area (Å²) < 4.78 is 57.3. The van der Waals surface area contributed by atoms with Gasteiger partial charge in [0.1, 0.15) is 5.75 Å². The predicted octanol–water partition coefficient (Wildman–Crippen LogP) is 3.47. The van der Waals surface area contributed by atoms with Crippen LogP contribution in [-0.2, 0) is 5.60 Å². The first-order valence-electron chi connectivity index (χ1n) is 9.77. The molecule has 0 amide bonds. The zero-order valence-electron chi connectivity index (χ0n) is 16.5. The Kier molecular flexibility index (Phi) is 5.14. The summed E-state index contributed by atoms with van der Waals surface area (Å²) in [4.78, 5) is 8.07. The van der Waals surface area contributed by atoms with Gasteiger partial charge in [-0.15, -0.1) is 13.2 Å². The lowest BCUT2D eigenvalue weighted by molar-refractivity contribution is -0.274. The van der Waals surface area contributed by atoms with Crippen molar-refractivity contribution in [3.63, 3.8) is 0 Å². The third-order valence-corrected chi connectivity index (χ3v) is 5.81. The number of nitrogens with zero attached hydrogens (tertiary/aromatic N) is 3. The second-order valence-electron chi connectivity index (χ2n) is 8.05. The highest BCUT2D eigenvalue weighted by molar-refractivity contribution is 5.52. The monoisotopic (exact) mass is 425 g/mol. The highest BCUT2D eigenvalue weighted by Crippen LogP contribution is 2.47. The third kappa shape index (κ3) is 3.72. The molecule has 0 aliphatic carbocycles. The average Bonchev–Trinajstić information content (AvgIpc) is 3.20. The summed E-state index contributed by atoms with van der Waals surface area (Å²) in [6.07, 6.45) is 0.358. The van der Waals surface area contributed by atoms with Crippen molar-refractivity contribution in [2.45, 2.75) is 30.5 Å². The van der Waals surface area contributed by atoms with Crippen LogP contribution in [0.1, 0.15) is 24.0 Å². The Bertz CT molecular complexity index is 894. The van der Waals surface area contributed by atoms with E-state index in [0.717, 1.165) is 43.8 Å². The second-order valence-corrected chi connectivity index (χ2v) is 8.05. The first-order chi connectivity index (χ1) is 14.1. The van der Waals surface area contributed by atoms with E-state index in [1.807, 2.05) is 0 Å². The zero-order chi connectivity index (χ0) is 21.6. The number of anilines is 1. The van der Waals surface area contributed by atoms with Gasteiger partial charge in [-0.3, -0.25) is 9.88 Å². The molecule has 9 heteroatoms. The predicted molar refractivity (Wildman–Crippen MR) is 103 cm³/mol. The number of halogens is 4. The minimum absolute atomic E-state index is 0.0156. The Morgan fingerprint density at radius 3 is 2.23 bits per heavy atom. The topological polar surface area (TPSA) is 48.8 Å². The van der Waals surface area contributed by atoms with Gasteiger partial charge >= 0.3 is 6.36 Å². The van der Waals surface area contributed by atoms with Crippen LogP contribution < -0.4 is 9.64 Å². The van der Waals surface area contributed by atoms with Crippen molar-refractivity contribution in [2.75, 3.05) is 38.1 Å². The molecule has 0 bridgehead atoms. The molecular weight excluding hydrogens is 402 g/mol. The molecule has 162 valence electrons. The van der Waals surface area contributed by atoms with E-state index < -0.39 is 23.4 Å². The van der Waals surface area contributed by atoms with E-state index in [1.165, 1.54) is 18.3 Å². The molecule has 4 rings (SSSR count). The van der Waals surface area contributed by atoms with Crippen LogP contribution in [0.4, 0.5) is 23.2 Å². The van der Waals surface area contributed by atoms with Crippen LogP contribution in [0.15, 0.2) is 42.7 Å². The summed E-state index contributed by atoms with van der Waals surface area (Å²) in [5.41, 5.74) is -2.88. The minimum Gasteiger partial charge on any atom is -0.406 e. The fourth-order valence-corrected chi connectivity index (χ4v) is 4.39. The van der Waals surface area contributed by atoms with Gasteiger partial charge in [-0.1, -0.05) is 12.1 Å². The maximum atomic E-state index is 15.9. The lowest BCUT2D eigenvalue weighted by atomic mass is 9.70. The molecule has 2 aromatic rings. The maximum Gasteiger partial charge on any atom is 0.573 e. The van der Waals surface area contributed by atoms with Crippen LogP contribution in [0.2, 0.25) is 0 Å². The number of benzene rings is 1. The van der Waals surface area contributed by atoms with Gasteiger partial charge in [-0.2, -0.15) is 0 Å². The molecule has 2 saturated heterocycles. The zero-order valence-corrected chi connectivity index (χ0v) is 16.5. The van der Waals surface area contributed by atoms with Gasteiger partial charge in [0.25, 0.3) is 0 Å². The number of alkyl halides is 4. The maximum absolute atomic E-state index is 15.9. The summed E-state index contributed by atoms with van der Waals surface area (Å²) >= 11 is 0. The van der Waals surface area contributed by atoms with Gasteiger partial charge in [0.05, 0.1) is 11.9 Å². The molecular formula is C21H23F4N3O2. The quantitative estimate of drug-likeness (QED) is 0.744.